The summed E-state index contributed by atoms with van der Waals surface area (Å²) in [6.45, 7) is 2.14. The Morgan fingerprint density at radius 3 is 2.64 bits per heavy atom. The summed E-state index contributed by atoms with van der Waals surface area (Å²) in [5.74, 6) is 0. The molecule has 106 valence electrons. The third-order valence-corrected chi connectivity index (χ3v) is 4.23. The first-order valence-electron chi connectivity index (χ1n) is 7.60. The van der Waals surface area contributed by atoms with Crippen molar-refractivity contribution in [3.05, 3.63) is 89.7 Å². The molecule has 3 aromatic carbocycles. The number of aromatic nitrogens is 1. The number of hydrogen-bond acceptors (Lipinski definition) is 1. The third-order valence-electron chi connectivity index (χ3n) is 4.23. The van der Waals surface area contributed by atoms with Crippen molar-refractivity contribution in [1.82, 2.24) is 4.98 Å². The van der Waals surface area contributed by atoms with Gasteiger partial charge in [0.15, 0.2) is 0 Å². The smallest absolute Gasteiger partial charge is 0.0346 e. The molecule has 0 saturated heterocycles. The topological polar surface area (TPSA) is 12.9 Å². The van der Waals surface area contributed by atoms with E-state index < -0.39 is 0 Å². The zero-order valence-electron chi connectivity index (χ0n) is 12.6. The first-order chi connectivity index (χ1) is 10.8. The van der Waals surface area contributed by atoms with E-state index in [0.29, 0.717) is 0 Å². The fourth-order valence-corrected chi connectivity index (χ4v) is 3.09. The lowest BCUT2D eigenvalue weighted by molar-refractivity contribution is 1.22. The van der Waals surface area contributed by atoms with Crippen molar-refractivity contribution in [2.75, 3.05) is 0 Å². The van der Waals surface area contributed by atoms with Crippen LogP contribution in [0.1, 0.15) is 16.7 Å². The molecule has 1 aromatic heterocycles. The van der Waals surface area contributed by atoms with Crippen molar-refractivity contribution < 1.29 is 0 Å². The van der Waals surface area contributed by atoms with Crippen LogP contribution in [-0.2, 0) is 6.42 Å². The summed E-state index contributed by atoms with van der Waals surface area (Å²) in [6.07, 6.45) is 4.75. The minimum Gasteiger partial charge on any atom is -0.264 e. The highest BCUT2D eigenvalue weighted by molar-refractivity contribution is 5.86. The van der Waals surface area contributed by atoms with Crippen LogP contribution in [0.15, 0.2) is 73.1 Å². The van der Waals surface area contributed by atoms with E-state index in [-0.39, 0.29) is 0 Å². The summed E-state index contributed by atoms with van der Waals surface area (Å²) >= 11 is 0. The van der Waals surface area contributed by atoms with Crippen molar-refractivity contribution in [3.8, 4) is 0 Å². The predicted molar refractivity (Wildman–Crippen MR) is 93.2 cm³/mol. The molecule has 0 aliphatic rings. The van der Waals surface area contributed by atoms with Gasteiger partial charge in [0.25, 0.3) is 0 Å². The van der Waals surface area contributed by atoms with Gasteiger partial charge in [-0.2, -0.15) is 0 Å². The summed E-state index contributed by atoms with van der Waals surface area (Å²) in [5.41, 5.74) is 4.01. The molecule has 0 amide bonds. The third kappa shape index (κ3) is 2.35. The SMILES string of the molecule is Cc1ccc2cc(Cc3cccc4cnccc34)ccc2c1. The van der Waals surface area contributed by atoms with Crippen LogP contribution in [0.5, 0.6) is 0 Å². The second-order valence-corrected chi connectivity index (χ2v) is 5.88. The zero-order chi connectivity index (χ0) is 14.9. The number of benzene rings is 3. The molecular weight excluding hydrogens is 266 g/mol. The van der Waals surface area contributed by atoms with E-state index in [1.54, 1.807) is 0 Å². The van der Waals surface area contributed by atoms with Crippen molar-refractivity contribution in [2.45, 2.75) is 13.3 Å². The Labute approximate surface area is 130 Å². The second-order valence-electron chi connectivity index (χ2n) is 5.88. The van der Waals surface area contributed by atoms with E-state index in [2.05, 4.69) is 72.6 Å². The predicted octanol–water partition coefficient (Wildman–Crippen LogP) is 5.29. The Kier molecular flexibility index (Phi) is 3.12. The number of fused-ring (bicyclic) bond motifs is 2. The van der Waals surface area contributed by atoms with Gasteiger partial charge in [-0.3, -0.25) is 4.98 Å². The monoisotopic (exact) mass is 283 g/mol. The fraction of sp³-hybridized carbons (Fsp3) is 0.0952. The molecule has 0 N–H and O–H groups in total. The average molecular weight is 283 g/mol. The molecule has 0 aliphatic carbocycles. The fourth-order valence-electron chi connectivity index (χ4n) is 3.09. The largest absolute Gasteiger partial charge is 0.264 e. The van der Waals surface area contributed by atoms with Crippen LogP contribution in [0.2, 0.25) is 0 Å². The number of pyridine rings is 1. The molecule has 0 fully saturated rings. The van der Waals surface area contributed by atoms with Crippen LogP contribution in [-0.4, -0.2) is 4.98 Å². The minimum atomic E-state index is 0.950. The van der Waals surface area contributed by atoms with E-state index in [4.69, 9.17) is 0 Å². The van der Waals surface area contributed by atoms with E-state index >= 15 is 0 Å². The van der Waals surface area contributed by atoms with Gasteiger partial charge in [0, 0.05) is 17.8 Å². The van der Waals surface area contributed by atoms with E-state index in [0.717, 1.165) is 6.42 Å². The summed E-state index contributed by atoms with van der Waals surface area (Å²) in [5, 5.41) is 5.12. The summed E-state index contributed by atoms with van der Waals surface area (Å²) in [6, 6.07) is 21.9. The Balaban J connectivity index is 1.77. The molecule has 0 bridgehead atoms. The van der Waals surface area contributed by atoms with Gasteiger partial charge in [-0.05, 0) is 46.7 Å². The Hall–Kier alpha value is -2.67. The lowest BCUT2D eigenvalue weighted by Crippen LogP contribution is -1.90. The molecule has 1 heteroatoms. The number of rotatable bonds is 2. The highest BCUT2D eigenvalue weighted by atomic mass is 14.6. The lowest BCUT2D eigenvalue weighted by atomic mass is 9.97. The highest BCUT2D eigenvalue weighted by Gasteiger charge is 2.03. The first-order valence-corrected chi connectivity index (χ1v) is 7.60. The maximum Gasteiger partial charge on any atom is 0.0346 e. The molecule has 0 radical (unpaired) electrons. The van der Waals surface area contributed by atoms with E-state index in [9.17, 15) is 0 Å². The Morgan fingerprint density at radius 1 is 0.818 bits per heavy atom. The van der Waals surface area contributed by atoms with Gasteiger partial charge in [0.05, 0.1) is 0 Å². The van der Waals surface area contributed by atoms with Gasteiger partial charge in [-0.1, -0.05) is 60.2 Å². The second kappa shape index (κ2) is 5.27. The van der Waals surface area contributed by atoms with Crippen LogP contribution < -0.4 is 0 Å². The van der Waals surface area contributed by atoms with Crippen molar-refractivity contribution in [1.29, 1.82) is 0 Å². The minimum absolute atomic E-state index is 0.950. The van der Waals surface area contributed by atoms with Crippen LogP contribution in [0.3, 0.4) is 0 Å². The Bertz CT molecular complexity index is 964. The zero-order valence-corrected chi connectivity index (χ0v) is 12.6. The maximum atomic E-state index is 4.21. The van der Waals surface area contributed by atoms with Crippen LogP contribution in [0.25, 0.3) is 21.5 Å². The van der Waals surface area contributed by atoms with Gasteiger partial charge in [0.1, 0.15) is 0 Å². The number of aryl methyl sites for hydroxylation is 1. The van der Waals surface area contributed by atoms with Gasteiger partial charge >= 0.3 is 0 Å². The van der Waals surface area contributed by atoms with Crippen molar-refractivity contribution in [3.63, 3.8) is 0 Å². The van der Waals surface area contributed by atoms with Crippen LogP contribution >= 0.6 is 0 Å². The van der Waals surface area contributed by atoms with Gasteiger partial charge < -0.3 is 0 Å². The number of nitrogens with zero attached hydrogens (tertiary/aromatic N) is 1. The summed E-state index contributed by atoms with van der Waals surface area (Å²) in [7, 11) is 0. The summed E-state index contributed by atoms with van der Waals surface area (Å²) < 4.78 is 0. The van der Waals surface area contributed by atoms with E-state index in [1.165, 1.54) is 38.2 Å². The quantitative estimate of drug-likeness (QED) is 0.487. The molecule has 0 unspecified atom stereocenters. The van der Waals surface area contributed by atoms with Crippen molar-refractivity contribution in [2.24, 2.45) is 0 Å². The normalized spacial score (nSPS) is 11.1. The standard InChI is InChI=1S/C21H17N/c1-15-5-7-18-12-16(6-8-17(18)11-15)13-19-3-2-4-20-14-22-10-9-21(19)20/h2-12,14H,13H2,1H3. The van der Waals surface area contributed by atoms with Gasteiger partial charge in [-0.25, -0.2) is 0 Å². The van der Waals surface area contributed by atoms with Crippen LogP contribution in [0.4, 0.5) is 0 Å². The van der Waals surface area contributed by atoms with Crippen molar-refractivity contribution >= 4 is 21.5 Å². The maximum absolute atomic E-state index is 4.21. The average Bonchev–Trinajstić information content (AvgIpc) is 2.55. The molecule has 1 nitrogen and oxygen atoms in total. The molecule has 22 heavy (non-hydrogen) atoms. The molecule has 1 heterocycles. The molecule has 0 spiro atoms. The molecule has 0 aliphatic heterocycles. The molecule has 4 rings (SSSR count). The molecule has 0 saturated carbocycles. The van der Waals surface area contributed by atoms with E-state index in [1.807, 2.05) is 12.4 Å². The first kappa shape index (κ1) is 13.0. The number of hydrogen-bond donors (Lipinski definition) is 0. The van der Waals surface area contributed by atoms with Gasteiger partial charge in [-0.15, -0.1) is 0 Å². The lowest BCUT2D eigenvalue weighted by Gasteiger charge is -2.08. The summed E-state index contributed by atoms with van der Waals surface area (Å²) in [4.78, 5) is 4.21. The molecule has 0 atom stereocenters. The highest BCUT2D eigenvalue weighted by Crippen LogP contribution is 2.23. The Morgan fingerprint density at radius 2 is 1.68 bits per heavy atom. The van der Waals surface area contributed by atoms with Gasteiger partial charge in [0.2, 0.25) is 0 Å². The molecular formula is C21H17N. The van der Waals surface area contributed by atoms with Crippen LogP contribution in [0, 0.1) is 6.92 Å². The molecule has 4 aromatic rings.